The summed E-state index contributed by atoms with van der Waals surface area (Å²) in [5, 5.41) is 12.6. The van der Waals surface area contributed by atoms with Crippen LogP contribution in [0, 0.1) is 0 Å². The zero-order valence-corrected chi connectivity index (χ0v) is 13.1. The van der Waals surface area contributed by atoms with Gasteiger partial charge in [-0.1, -0.05) is 0 Å². The van der Waals surface area contributed by atoms with Crippen LogP contribution in [-0.4, -0.2) is 59.3 Å². The molecule has 1 amide bonds. The van der Waals surface area contributed by atoms with E-state index < -0.39 is 5.60 Å². The minimum Gasteiger partial charge on any atom is -0.444 e. The molecule has 0 aliphatic carbocycles. The van der Waals surface area contributed by atoms with Crippen molar-refractivity contribution in [2.24, 2.45) is 4.99 Å². The zero-order valence-electron chi connectivity index (χ0n) is 13.1. The molecule has 0 aromatic heterocycles. The maximum absolute atomic E-state index is 12.0. The van der Waals surface area contributed by atoms with Crippen molar-refractivity contribution in [3.8, 4) is 0 Å². The lowest BCUT2D eigenvalue weighted by atomic mass is 10.1. The summed E-state index contributed by atoms with van der Waals surface area (Å²) >= 11 is 0. The number of rotatable bonds is 3. The third-order valence-corrected chi connectivity index (χ3v) is 2.77. The van der Waals surface area contributed by atoms with Gasteiger partial charge < -0.3 is 15.2 Å². The van der Waals surface area contributed by atoms with Crippen molar-refractivity contribution < 1.29 is 14.6 Å². The maximum atomic E-state index is 12.0. The summed E-state index contributed by atoms with van der Waals surface area (Å²) in [5.41, 5.74) is -0.487. The monoisotopic (exact) mass is 285 g/mol. The Morgan fingerprint density at radius 3 is 2.70 bits per heavy atom. The van der Waals surface area contributed by atoms with Gasteiger partial charge in [-0.3, -0.25) is 9.89 Å². The molecular formula is C14H27N3O3. The van der Waals surface area contributed by atoms with Gasteiger partial charge in [0.2, 0.25) is 0 Å². The molecule has 0 saturated heterocycles. The second-order valence-corrected chi connectivity index (χ2v) is 6.36. The van der Waals surface area contributed by atoms with E-state index in [1.54, 1.807) is 11.8 Å². The number of aliphatic hydroxyl groups is 1. The predicted octanol–water partition coefficient (Wildman–Crippen LogP) is 1.38. The lowest BCUT2D eigenvalue weighted by molar-refractivity contribution is 0.0275. The molecule has 2 unspecified atom stereocenters. The van der Waals surface area contributed by atoms with Gasteiger partial charge in [-0.15, -0.1) is 0 Å². The molecule has 1 rings (SSSR count). The fourth-order valence-electron chi connectivity index (χ4n) is 2.04. The predicted molar refractivity (Wildman–Crippen MR) is 79.0 cm³/mol. The first-order valence-corrected chi connectivity index (χ1v) is 7.13. The average molecular weight is 285 g/mol. The molecule has 1 heterocycles. The van der Waals surface area contributed by atoms with E-state index in [-0.39, 0.29) is 18.2 Å². The summed E-state index contributed by atoms with van der Waals surface area (Å²) in [4.78, 5) is 18.0. The summed E-state index contributed by atoms with van der Waals surface area (Å²) < 4.78 is 5.36. The Hall–Kier alpha value is -1.30. The quantitative estimate of drug-likeness (QED) is 0.821. The Morgan fingerprint density at radius 1 is 1.50 bits per heavy atom. The van der Waals surface area contributed by atoms with Crippen molar-refractivity contribution in [1.29, 1.82) is 0 Å². The van der Waals surface area contributed by atoms with Gasteiger partial charge in [0.1, 0.15) is 11.4 Å². The first-order valence-electron chi connectivity index (χ1n) is 7.13. The van der Waals surface area contributed by atoms with Crippen LogP contribution in [0.1, 0.15) is 41.0 Å². The van der Waals surface area contributed by atoms with E-state index in [1.807, 2.05) is 27.7 Å². The van der Waals surface area contributed by atoms with Crippen molar-refractivity contribution in [3.05, 3.63) is 0 Å². The molecule has 1 aliphatic rings. The molecule has 2 N–H and O–H groups in total. The topological polar surface area (TPSA) is 74.2 Å². The Kier molecular flexibility index (Phi) is 5.80. The van der Waals surface area contributed by atoms with Gasteiger partial charge in [0, 0.05) is 12.6 Å². The standard InChI is InChI=1S/C14H27N3O3/c1-10(8-11(2)18)16-12-9-17(7-6-15-12)13(19)20-14(3,4)5/h10-11,18H,6-9H2,1-5H3,(H,15,16). The van der Waals surface area contributed by atoms with Gasteiger partial charge in [0.05, 0.1) is 19.2 Å². The van der Waals surface area contributed by atoms with Crippen molar-refractivity contribution in [3.63, 3.8) is 0 Å². The molecular weight excluding hydrogens is 258 g/mol. The number of aliphatic imine (C=N–C) groups is 1. The highest BCUT2D eigenvalue weighted by Gasteiger charge is 2.25. The summed E-state index contributed by atoms with van der Waals surface area (Å²) in [7, 11) is 0. The molecule has 0 radical (unpaired) electrons. The molecule has 0 spiro atoms. The summed E-state index contributed by atoms with van der Waals surface area (Å²) in [6.45, 7) is 10.9. The second-order valence-electron chi connectivity index (χ2n) is 6.36. The van der Waals surface area contributed by atoms with Gasteiger partial charge in [-0.25, -0.2) is 4.79 Å². The van der Waals surface area contributed by atoms with Gasteiger partial charge in [0.15, 0.2) is 0 Å². The first-order chi connectivity index (χ1) is 9.17. The number of ether oxygens (including phenoxy) is 1. The number of aliphatic hydroxyl groups excluding tert-OH is 1. The Labute approximate surface area is 121 Å². The van der Waals surface area contributed by atoms with Crippen LogP contribution in [0.2, 0.25) is 0 Å². The van der Waals surface area contributed by atoms with Crippen LogP contribution in [0.15, 0.2) is 4.99 Å². The highest BCUT2D eigenvalue weighted by atomic mass is 16.6. The average Bonchev–Trinajstić information content (AvgIpc) is 2.25. The number of hydrogen-bond acceptors (Lipinski definition) is 5. The third-order valence-electron chi connectivity index (χ3n) is 2.77. The minimum atomic E-state index is -0.487. The van der Waals surface area contributed by atoms with Crippen LogP contribution < -0.4 is 5.32 Å². The third kappa shape index (κ3) is 6.23. The molecule has 0 aromatic rings. The van der Waals surface area contributed by atoms with Crippen LogP contribution in [-0.2, 0) is 4.74 Å². The number of amides is 1. The second kappa shape index (κ2) is 6.92. The molecule has 0 saturated carbocycles. The van der Waals surface area contributed by atoms with E-state index in [2.05, 4.69) is 10.3 Å². The van der Waals surface area contributed by atoms with Crippen LogP contribution >= 0.6 is 0 Å². The van der Waals surface area contributed by atoms with E-state index in [0.29, 0.717) is 26.1 Å². The van der Waals surface area contributed by atoms with Crippen LogP contribution in [0.3, 0.4) is 0 Å². The zero-order chi connectivity index (χ0) is 15.3. The van der Waals surface area contributed by atoms with Crippen molar-refractivity contribution in [1.82, 2.24) is 10.2 Å². The van der Waals surface area contributed by atoms with E-state index in [0.717, 1.165) is 5.84 Å². The van der Waals surface area contributed by atoms with Gasteiger partial charge in [-0.05, 0) is 41.0 Å². The minimum absolute atomic E-state index is 0.118. The Morgan fingerprint density at radius 2 is 2.15 bits per heavy atom. The van der Waals surface area contributed by atoms with Crippen LogP contribution in [0.25, 0.3) is 0 Å². The molecule has 0 aromatic carbocycles. The van der Waals surface area contributed by atoms with Gasteiger partial charge in [0.25, 0.3) is 0 Å². The first kappa shape index (κ1) is 16.8. The summed E-state index contributed by atoms with van der Waals surface area (Å²) in [6, 6.07) is 0.118. The number of amidine groups is 1. The van der Waals surface area contributed by atoms with Gasteiger partial charge >= 0.3 is 6.09 Å². The Balaban J connectivity index is 2.49. The molecule has 20 heavy (non-hydrogen) atoms. The van der Waals surface area contributed by atoms with Crippen molar-refractivity contribution >= 4 is 11.9 Å². The molecule has 2 atom stereocenters. The molecule has 1 aliphatic heterocycles. The normalized spacial score (nSPS) is 19.1. The number of hydrogen-bond donors (Lipinski definition) is 2. The number of carbonyl (C=O) groups excluding carboxylic acids is 1. The van der Waals surface area contributed by atoms with E-state index in [4.69, 9.17) is 4.74 Å². The summed E-state index contributed by atoms with van der Waals surface area (Å²) in [5.74, 6) is 0.773. The number of nitrogens with one attached hydrogen (secondary N) is 1. The van der Waals surface area contributed by atoms with Crippen LogP contribution in [0.4, 0.5) is 4.79 Å². The Bertz CT molecular complexity index is 361. The number of carbonyl (C=O) groups is 1. The van der Waals surface area contributed by atoms with E-state index >= 15 is 0 Å². The molecule has 116 valence electrons. The molecule has 0 fully saturated rings. The molecule has 6 heteroatoms. The van der Waals surface area contributed by atoms with E-state index in [9.17, 15) is 9.90 Å². The SMILES string of the molecule is CC(O)CC(C)NC1=NCCN(C(=O)OC(C)(C)C)C1. The van der Waals surface area contributed by atoms with Gasteiger partial charge in [-0.2, -0.15) is 0 Å². The fourth-order valence-corrected chi connectivity index (χ4v) is 2.04. The lowest BCUT2D eigenvalue weighted by Gasteiger charge is -2.31. The van der Waals surface area contributed by atoms with Crippen molar-refractivity contribution in [2.75, 3.05) is 19.6 Å². The van der Waals surface area contributed by atoms with E-state index in [1.165, 1.54) is 0 Å². The highest BCUT2D eigenvalue weighted by molar-refractivity contribution is 5.88. The maximum Gasteiger partial charge on any atom is 0.410 e. The largest absolute Gasteiger partial charge is 0.444 e. The molecule has 6 nitrogen and oxygen atoms in total. The highest BCUT2D eigenvalue weighted by Crippen LogP contribution is 2.11. The smallest absolute Gasteiger partial charge is 0.410 e. The lowest BCUT2D eigenvalue weighted by Crippen LogP contribution is -2.49. The van der Waals surface area contributed by atoms with Crippen molar-refractivity contribution in [2.45, 2.75) is 58.8 Å². The summed E-state index contributed by atoms with van der Waals surface area (Å²) in [6.07, 6.45) is -0.0237. The molecule has 0 bridgehead atoms. The van der Waals surface area contributed by atoms with Crippen LogP contribution in [0.5, 0.6) is 0 Å². The fraction of sp³-hybridized carbons (Fsp3) is 0.857. The number of nitrogens with zero attached hydrogens (tertiary/aromatic N) is 2.